The second-order valence-electron chi connectivity index (χ2n) is 6.80. The van der Waals surface area contributed by atoms with Gasteiger partial charge >= 0.3 is 6.03 Å². The monoisotopic (exact) mass is 326 g/mol. The van der Waals surface area contributed by atoms with E-state index in [1.807, 2.05) is 41.4 Å². The van der Waals surface area contributed by atoms with E-state index in [-0.39, 0.29) is 12.1 Å². The van der Waals surface area contributed by atoms with Crippen molar-refractivity contribution in [3.05, 3.63) is 42.6 Å². The van der Waals surface area contributed by atoms with Crippen molar-refractivity contribution in [3.8, 4) is 5.69 Å². The molecule has 126 valence electrons. The molecule has 3 unspecified atom stereocenters. The molecule has 4 rings (SSSR count). The smallest absolute Gasteiger partial charge is 0.323 e. The van der Waals surface area contributed by atoms with Gasteiger partial charge in [-0.3, -0.25) is 5.32 Å². The van der Waals surface area contributed by atoms with Crippen molar-refractivity contribution in [1.82, 2.24) is 14.7 Å². The summed E-state index contributed by atoms with van der Waals surface area (Å²) in [5.74, 6) is 1.51. The number of nitrogens with zero attached hydrogens (tertiary/aromatic N) is 3. The summed E-state index contributed by atoms with van der Waals surface area (Å²) in [4.78, 5) is 14.3. The number of benzene rings is 1. The minimum atomic E-state index is -0.198. The van der Waals surface area contributed by atoms with Crippen molar-refractivity contribution in [2.75, 3.05) is 18.4 Å². The number of nitrogens with one attached hydrogen (secondary N) is 1. The van der Waals surface area contributed by atoms with Gasteiger partial charge in [0.15, 0.2) is 5.82 Å². The number of anilines is 1. The number of para-hydroxylation sites is 1. The number of aliphatic hydroxyl groups is 1. The Morgan fingerprint density at radius 2 is 1.92 bits per heavy atom. The zero-order valence-corrected chi connectivity index (χ0v) is 13.5. The maximum Gasteiger partial charge on any atom is 0.323 e. The molecule has 1 aromatic carbocycles. The fourth-order valence-corrected chi connectivity index (χ4v) is 3.88. The number of carbonyl (C=O) groups is 1. The first-order chi connectivity index (χ1) is 11.7. The highest BCUT2D eigenvalue weighted by Crippen LogP contribution is 2.36. The van der Waals surface area contributed by atoms with Gasteiger partial charge in [0.2, 0.25) is 0 Å². The molecule has 2 heterocycles. The third-order valence-corrected chi connectivity index (χ3v) is 5.15. The molecular weight excluding hydrogens is 304 g/mol. The fourth-order valence-electron chi connectivity index (χ4n) is 3.88. The van der Waals surface area contributed by atoms with E-state index >= 15 is 0 Å². The summed E-state index contributed by atoms with van der Waals surface area (Å²) >= 11 is 0. The van der Waals surface area contributed by atoms with Crippen molar-refractivity contribution < 1.29 is 9.90 Å². The lowest BCUT2D eigenvalue weighted by Crippen LogP contribution is -2.33. The molecule has 1 aromatic heterocycles. The van der Waals surface area contributed by atoms with Crippen molar-refractivity contribution in [3.63, 3.8) is 0 Å². The number of hydrogen-bond donors (Lipinski definition) is 2. The molecule has 1 aliphatic heterocycles. The highest BCUT2D eigenvalue weighted by atomic mass is 16.3. The summed E-state index contributed by atoms with van der Waals surface area (Å²) in [6, 6.07) is 11.5. The molecule has 1 saturated carbocycles. The Bertz CT molecular complexity index is 715. The Labute approximate surface area is 141 Å². The number of amides is 2. The van der Waals surface area contributed by atoms with Gasteiger partial charge in [-0.15, -0.1) is 5.10 Å². The summed E-state index contributed by atoms with van der Waals surface area (Å²) < 4.78 is 1.75. The lowest BCUT2D eigenvalue weighted by atomic mass is 9.80. The van der Waals surface area contributed by atoms with E-state index < -0.39 is 0 Å². The third kappa shape index (κ3) is 3.01. The number of aromatic nitrogens is 2. The molecule has 1 saturated heterocycles. The van der Waals surface area contributed by atoms with Gasteiger partial charge in [-0.25, -0.2) is 9.48 Å². The Hall–Kier alpha value is -2.34. The average molecular weight is 326 g/mol. The highest BCUT2D eigenvalue weighted by molar-refractivity contribution is 5.88. The van der Waals surface area contributed by atoms with Crippen LogP contribution in [0.5, 0.6) is 0 Å². The predicted octanol–water partition coefficient (Wildman–Crippen LogP) is 2.50. The Kier molecular flexibility index (Phi) is 3.98. The normalized spacial score (nSPS) is 26.2. The van der Waals surface area contributed by atoms with Crippen molar-refractivity contribution in [2.24, 2.45) is 11.8 Å². The van der Waals surface area contributed by atoms with Gasteiger partial charge in [-0.1, -0.05) is 18.2 Å². The molecule has 1 aliphatic carbocycles. The van der Waals surface area contributed by atoms with Crippen molar-refractivity contribution >= 4 is 11.8 Å². The zero-order chi connectivity index (χ0) is 16.5. The topological polar surface area (TPSA) is 70.4 Å². The minimum absolute atomic E-state index is 0.0998. The standard InChI is InChI=1S/C18H22N4O2/c23-16-7-6-13-11-21(12-14(13)10-16)18(24)19-17-8-9-22(20-17)15-4-2-1-3-5-15/h1-5,8-9,13-14,16,23H,6-7,10-12H2,(H,19,20,24). The highest BCUT2D eigenvalue weighted by Gasteiger charge is 2.39. The van der Waals surface area contributed by atoms with E-state index in [1.165, 1.54) is 0 Å². The van der Waals surface area contributed by atoms with Gasteiger partial charge in [0.25, 0.3) is 0 Å². The van der Waals surface area contributed by atoms with Gasteiger partial charge in [0, 0.05) is 25.4 Å². The van der Waals surface area contributed by atoms with Crippen molar-refractivity contribution in [2.45, 2.75) is 25.4 Å². The van der Waals surface area contributed by atoms with Gasteiger partial charge in [-0.05, 0) is 43.2 Å². The number of aliphatic hydroxyl groups excluding tert-OH is 1. The lowest BCUT2D eigenvalue weighted by molar-refractivity contribution is 0.0866. The lowest BCUT2D eigenvalue weighted by Gasteiger charge is -2.27. The summed E-state index contributed by atoms with van der Waals surface area (Å²) in [5, 5.41) is 17.1. The minimum Gasteiger partial charge on any atom is -0.393 e. The number of rotatable bonds is 2. The molecule has 2 N–H and O–H groups in total. The summed E-state index contributed by atoms with van der Waals surface area (Å²) in [6.07, 6.45) is 4.33. The first-order valence-corrected chi connectivity index (χ1v) is 8.54. The molecule has 2 fully saturated rings. The maximum absolute atomic E-state index is 12.5. The van der Waals surface area contributed by atoms with Crippen LogP contribution in [0.4, 0.5) is 10.6 Å². The van der Waals surface area contributed by atoms with E-state index in [9.17, 15) is 9.90 Å². The van der Waals surface area contributed by atoms with Crippen LogP contribution in [-0.4, -0.2) is 45.0 Å². The van der Waals surface area contributed by atoms with Crippen LogP contribution in [0.1, 0.15) is 19.3 Å². The van der Waals surface area contributed by atoms with Crippen LogP contribution in [0.15, 0.2) is 42.6 Å². The molecule has 0 bridgehead atoms. The van der Waals surface area contributed by atoms with E-state index in [0.29, 0.717) is 17.7 Å². The molecular formula is C18H22N4O2. The summed E-state index contributed by atoms with van der Waals surface area (Å²) in [7, 11) is 0. The number of hydrogen-bond acceptors (Lipinski definition) is 3. The summed E-state index contributed by atoms with van der Waals surface area (Å²) in [5.41, 5.74) is 0.958. The fraction of sp³-hybridized carbons (Fsp3) is 0.444. The van der Waals surface area contributed by atoms with Gasteiger partial charge in [-0.2, -0.15) is 0 Å². The molecule has 2 amide bonds. The Morgan fingerprint density at radius 3 is 2.75 bits per heavy atom. The van der Waals surface area contributed by atoms with Crippen LogP contribution in [0, 0.1) is 11.8 Å². The van der Waals surface area contributed by atoms with Crippen molar-refractivity contribution in [1.29, 1.82) is 0 Å². The predicted molar refractivity (Wildman–Crippen MR) is 91.0 cm³/mol. The average Bonchev–Trinajstić information content (AvgIpc) is 3.22. The number of carbonyl (C=O) groups excluding carboxylic acids is 1. The first kappa shape index (κ1) is 15.2. The molecule has 6 heteroatoms. The third-order valence-electron chi connectivity index (χ3n) is 5.15. The van der Waals surface area contributed by atoms with Gasteiger partial charge in [0.05, 0.1) is 11.8 Å². The number of likely N-dealkylation sites (tertiary alicyclic amines) is 1. The quantitative estimate of drug-likeness (QED) is 0.891. The van der Waals surface area contributed by atoms with Crippen LogP contribution in [0.2, 0.25) is 0 Å². The van der Waals surface area contributed by atoms with Crippen LogP contribution in [-0.2, 0) is 0 Å². The van der Waals surface area contributed by atoms with E-state index in [1.54, 1.807) is 10.7 Å². The second-order valence-corrected chi connectivity index (χ2v) is 6.80. The van der Waals surface area contributed by atoms with Crippen LogP contribution in [0.25, 0.3) is 5.69 Å². The summed E-state index contributed by atoms with van der Waals surface area (Å²) in [6.45, 7) is 1.51. The zero-order valence-electron chi connectivity index (χ0n) is 13.5. The molecule has 0 spiro atoms. The molecule has 0 radical (unpaired) electrons. The van der Waals surface area contributed by atoms with E-state index in [0.717, 1.165) is 38.0 Å². The molecule has 2 aromatic rings. The van der Waals surface area contributed by atoms with Crippen LogP contribution < -0.4 is 5.32 Å². The van der Waals surface area contributed by atoms with Gasteiger partial charge < -0.3 is 10.0 Å². The first-order valence-electron chi connectivity index (χ1n) is 8.54. The molecule has 6 nitrogen and oxygen atoms in total. The second kappa shape index (κ2) is 6.28. The van der Waals surface area contributed by atoms with Crippen LogP contribution >= 0.6 is 0 Å². The van der Waals surface area contributed by atoms with Gasteiger partial charge in [0.1, 0.15) is 0 Å². The van der Waals surface area contributed by atoms with E-state index in [4.69, 9.17) is 0 Å². The SMILES string of the molecule is O=C(Nc1ccn(-c2ccccc2)n1)N1CC2CCC(O)CC2C1. The Morgan fingerprint density at radius 1 is 1.12 bits per heavy atom. The number of urea groups is 1. The van der Waals surface area contributed by atoms with Crippen LogP contribution in [0.3, 0.4) is 0 Å². The molecule has 24 heavy (non-hydrogen) atoms. The van der Waals surface area contributed by atoms with E-state index in [2.05, 4.69) is 10.4 Å². The Balaban J connectivity index is 1.39. The maximum atomic E-state index is 12.5. The largest absolute Gasteiger partial charge is 0.393 e. The molecule has 2 aliphatic rings. The molecule has 3 atom stereocenters. The number of fused-ring (bicyclic) bond motifs is 1.